The van der Waals surface area contributed by atoms with Crippen molar-refractivity contribution in [1.82, 2.24) is 0 Å². The first-order valence-corrected chi connectivity index (χ1v) is 7.45. The molecule has 1 amide bonds. The first kappa shape index (κ1) is 16.0. The van der Waals surface area contributed by atoms with Crippen LogP contribution in [0.5, 0.6) is 11.5 Å². The number of nitrogens with zero attached hydrogens (tertiary/aromatic N) is 1. The van der Waals surface area contributed by atoms with Crippen LogP contribution in [0, 0.1) is 5.21 Å². The molecule has 116 valence electrons. The van der Waals surface area contributed by atoms with Gasteiger partial charge in [-0.1, -0.05) is 0 Å². The number of carbonyl (C=O) groups is 1. The minimum atomic E-state index is -0.207. The fourth-order valence-corrected chi connectivity index (χ4v) is 2.49. The Kier molecular flexibility index (Phi) is 5.48. The number of pyridine rings is 1. The summed E-state index contributed by atoms with van der Waals surface area (Å²) < 4.78 is 11.0. The first-order chi connectivity index (χ1) is 10.6. The average molecular weight is 320 g/mol. The molecule has 7 heteroatoms. The third kappa shape index (κ3) is 4.05. The molecule has 0 aliphatic carbocycles. The Morgan fingerprint density at radius 2 is 2.00 bits per heavy atom. The zero-order valence-corrected chi connectivity index (χ0v) is 13.1. The summed E-state index contributed by atoms with van der Waals surface area (Å²) in [4.78, 5) is 11.9. The Labute approximate surface area is 132 Å². The van der Waals surface area contributed by atoms with Crippen LogP contribution in [-0.2, 0) is 4.79 Å². The van der Waals surface area contributed by atoms with Gasteiger partial charge in [-0.25, -0.2) is 0 Å². The largest absolute Gasteiger partial charge is 0.618 e. The van der Waals surface area contributed by atoms with Gasteiger partial charge in [-0.3, -0.25) is 4.79 Å². The fourth-order valence-electron chi connectivity index (χ4n) is 1.77. The zero-order valence-electron chi connectivity index (χ0n) is 12.2. The molecular formula is C15H16N2O4S. The molecule has 0 unspecified atom stereocenters. The molecule has 6 nitrogen and oxygen atoms in total. The van der Waals surface area contributed by atoms with Crippen molar-refractivity contribution >= 4 is 23.4 Å². The monoisotopic (exact) mass is 320 g/mol. The molecule has 0 atom stereocenters. The molecule has 1 aromatic carbocycles. The predicted molar refractivity (Wildman–Crippen MR) is 84.3 cm³/mol. The normalized spacial score (nSPS) is 10.1. The van der Waals surface area contributed by atoms with E-state index in [1.807, 2.05) is 0 Å². The second-order valence-corrected chi connectivity index (χ2v) is 5.27. The van der Waals surface area contributed by atoms with E-state index in [0.29, 0.717) is 22.2 Å². The van der Waals surface area contributed by atoms with Gasteiger partial charge in [-0.2, -0.15) is 4.73 Å². The van der Waals surface area contributed by atoms with Crippen molar-refractivity contribution in [1.29, 1.82) is 0 Å². The van der Waals surface area contributed by atoms with Gasteiger partial charge in [-0.05, 0) is 30.0 Å². The number of rotatable bonds is 6. The highest BCUT2D eigenvalue weighted by atomic mass is 32.2. The summed E-state index contributed by atoms with van der Waals surface area (Å²) in [5.74, 6) is 1.06. The summed E-state index contributed by atoms with van der Waals surface area (Å²) in [7, 11) is 3.08. The molecule has 0 bridgehead atoms. The van der Waals surface area contributed by atoms with Gasteiger partial charge in [0.2, 0.25) is 5.91 Å². The summed E-state index contributed by atoms with van der Waals surface area (Å²) in [6, 6.07) is 10.2. The molecule has 1 N–H and O–H groups in total. The molecule has 2 aromatic rings. The van der Waals surface area contributed by atoms with Gasteiger partial charge in [0.15, 0.2) is 17.7 Å². The molecule has 1 aromatic heterocycles. The number of hydrogen-bond donors (Lipinski definition) is 1. The Hall–Kier alpha value is -2.41. The van der Waals surface area contributed by atoms with Gasteiger partial charge in [-0.15, -0.1) is 0 Å². The van der Waals surface area contributed by atoms with Crippen molar-refractivity contribution in [2.75, 3.05) is 25.3 Å². The van der Waals surface area contributed by atoms with E-state index in [0.717, 1.165) is 4.73 Å². The van der Waals surface area contributed by atoms with E-state index in [1.54, 1.807) is 43.5 Å². The second-order valence-electron chi connectivity index (χ2n) is 4.27. The van der Waals surface area contributed by atoms with Gasteiger partial charge in [0.05, 0.1) is 20.0 Å². The maximum absolute atomic E-state index is 11.9. The van der Waals surface area contributed by atoms with Crippen LogP contribution in [0.3, 0.4) is 0 Å². The number of methoxy groups -OCH3 is 2. The zero-order chi connectivity index (χ0) is 15.9. The van der Waals surface area contributed by atoms with Crippen molar-refractivity contribution in [2.45, 2.75) is 5.03 Å². The average Bonchev–Trinajstić information content (AvgIpc) is 2.54. The summed E-state index contributed by atoms with van der Waals surface area (Å²) in [5.41, 5.74) is 0.603. The Balaban J connectivity index is 1.96. The van der Waals surface area contributed by atoms with Crippen LogP contribution in [0.2, 0.25) is 0 Å². The van der Waals surface area contributed by atoms with Crippen molar-refractivity contribution in [3.63, 3.8) is 0 Å². The van der Waals surface area contributed by atoms with E-state index in [4.69, 9.17) is 9.47 Å². The van der Waals surface area contributed by atoms with E-state index in [1.165, 1.54) is 25.1 Å². The van der Waals surface area contributed by atoms with E-state index in [-0.39, 0.29) is 11.7 Å². The quantitative estimate of drug-likeness (QED) is 0.501. The third-order valence-electron chi connectivity index (χ3n) is 2.81. The molecule has 0 aliphatic heterocycles. The Bertz CT molecular complexity index is 664. The fraction of sp³-hybridized carbons (Fsp3) is 0.200. The number of amides is 1. The summed E-state index contributed by atoms with van der Waals surface area (Å²) in [6.45, 7) is 0. The topological polar surface area (TPSA) is 74.5 Å². The lowest BCUT2D eigenvalue weighted by molar-refractivity contribution is -0.645. The second kappa shape index (κ2) is 7.56. The number of hydrogen-bond acceptors (Lipinski definition) is 5. The van der Waals surface area contributed by atoms with Crippen LogP contribution in [0.25, 0.3) is 0 Å². The molecule has 0 aliphatic rings. The van der Waals surface area contributed by atoms with Crippen molar-refractivity contribution in [2.24, 2.45) is 0 Å². The number of nitrogens with one attached hydrogen (secondary N) is 1. The van der Waals surface area contributed by atoms with E-state index in [9.17, 15) is 10.0 Å². The smallest absolute Gasteiger partial charge is 0.251 e. The highest BCUT2D eigenvalue weighted by Crippen LogP contribution is 2.29. The molecule has 0 spiro atoms. The third-order valence-corrected chi connectivity index (χ3v) is 3.83. The van der Waals surface area contributed by atoms with Crippen molar-refractivity contribution in [3.05, 3.63) is 47.8 Å². The Morgan fingerprint density at radius 1 is 1.23 bits per heavy atom. The van der Waals surface area contributed by atoms with Gasteiger partial charge >= 0.3 is 0 Å². The lowest BCUT2D eigenvalue weighted by Gasteiger charge is -2.10. The van der Waals surface area contributed by atoms with Gasteiger partial charge in [0.25, 0.3) is 5.03 Å². The van der Waals surface area contributed by atoms with Gasteiger partial charge < -0.3 is 20.0 Å². The minimum Gasteiger partial charge on any atom is -0.618 e. The minimum absolute atomic E-state index is 0.139. The molecule has 22 heavy (non-hydrogen) atoms. The molecule has 0 saturated heterocycles. The summed E-state index contributed by atoms with van der Waals surface area (Å²) >= 11 is 1.17. The van der Waals surface area contributed by atoms with Gasteiger partial charge in [0, 0.05) is 23.9 Å². The van der Waals surface area contributed by atoms with E-state index in [2.05, 4.69) is 5.32 Å². The van der Waals surface area contributed by atoms with Crippen LogP contribution in [-0.4, -0.2) is 25.9 Å². The van der Waals surface area contributed by atoms with Crippen LogP contribution in [0.15, 0.2) is 47.6 Å². The number of ether oxygens (including phenoxy) is 2. The number of aromatic nitrogens is 1. The number of benzene rings is 1. The maximum Gasteiger partial charge on any atom is 0.251 e. The van der Waals surface area contributed by atoms with Crippen molar-refractivity contribution < 1.29 is 19.0 Å². The summed E-state index contributed by atoms with van der Waals surface area (Å²) in [5, 5.41) is 14.7. The molecule has 2 rings (SSSR count). The molecular weight excluding hydrogens is 304 g/mol. The van der Waals surface area contributed by atoms with Crippen LogP contribution in [0.4, 0.5) is 5.69 Å². The number of thioether (sulfide) groups is 1. The predicted octanol–water partition coefficient (Wildman–Crippen LogP) is 2.07. The molecule has 0 fully saturated rings. The van der Waals surface area contributed by atoms with Crippen LogP contribution in [0.1, 0.15) is 0 Å². The lowest BCUT2D eigenvalue weighted by atomic mass is 10.2. The highest BCUT2D eigenvalue weighted by molar-refractivity contribution is 7.99. The summed E-state index contributed by atoms with van der Waals surface area (Å²) in [6.07, 6.45) is 1.40. The van der Waals surface area contributed by atoms with Crippen molar-refractivity contribution in [3.8, 4) is 11.5 Å². The van der Waals surface area contributed by atoms with Crippen LogP contribution >= 0.6 is 11.8 Å². The van der Waals surface area contributed by atoms with E-state index >= 15 is 0 Å². The highest BCUT2D eigenvalue weighted by Gasteiger charge is 2.10. The number of anilines is 1. The number of carbonyl (C=O) groups excluding carboxylic acids is 1. The molecule has 0 saturated carbocycles. The lowest BCUT2D eigenvalue weighted by Crippen LogP contribution is -2.28. The standard InChI is InChI=1S/C15H16N2O4S/c1-20-12-7-6-11(9-13(12)21-2)16-14(18)10-22-15-5-3-4-8-17(15)19/h3-9H,10H2,1-2H3,(H,16,18). The van der Waals surface area contributed by atoms with E-state index < -0.39 is 0 Å². The van der Waals surface area contributed by atoms with Gasteiger partial charge in [0.1, 0.15) is 0 Å². The molecule has 1 heterocycles. The first-order valence-electron chi connectivity index (χ1n) is 6.47. The molecule has 0 radical (unpaired) electrons. The SMILES string of the molecule is COc1ccc(NC(=O)CSc2cccc[n+]2[O-])cc1OC. The van der Waals surface area contributed by atoms with Crippen LogP contribution < -0.4 is 19.5 Å². The maximum atomic E-state index is 11.9. The Morgan fingerprint density at radius 3 is 2.68 bits per heavy atom.